The summed E-state index contributed by atoms with van der Waals surface area (Å²) < 4.78 is 4.59. The zero-order valence-corrected chi connectivity index (χ0v) is 12.8. The van der Waals surface area contributed by atoms with Gasteiger partial charge in [-0.05, 0) is 25.7 Å². The molecular weight excluding hydrogens is 232 g/mol. The number of hydrogen-bond acceptors (Lipinski definition) is 0. The van der Waals surface area contributed by atoms with Gasteiger partial charge in [0.25, 0.3) is 0 Å². The first kappa shape index (κ1) is 16.3. The van der Waals surface area contributed by atoms with Gasteiger partial charge in [0.1, 0.15) is 12.4 Å². The Morgan fingerprint density at radius 3 is 2.32 bits per heavy atom. The molecule has 0 aliphatic carbocycles. The summed E-state index contributed by atoms with van der Waals surface area (Å²) in [6.07, 6.45) is 20.0. The fourth-order valence-electron chi connectivity index (χ4n) is 2.43. The van der Waals surface area contributed by atoms with Gasteiger partial charge in [0.15, 0.2) is 0 Å². The molecule has 1 aromatic heterocycles. The van der Waals surface area contributed by atoms with E-state index in [0.29, 0.717) is 0 Å². The first-order chi connectivity index (χ1) is 9.36. The number of rotatable bonds is 12. The van der Waals surface area contributed by atoms with Crippen LogP contribution >= 0.6 is 0 Å². The summed E-state index contributed by atoms with van der Waals surface area (Å²) in [5, 5.41) is 0. The molecule has 1 rings (SSSR count). The minimum atomic E-state index is 1.02. The zero-order valence-electron chi connectivity index (χ0n) is 12.8. The maximum absolute atomic E-state index is 3.88. The van der Waals surface area contributed by atoms with Crippen molar-refractivity contribution in [2.75, 3.05) is 0 Å². The van der Waals surface area contributed by atoms with E-state index in [1.807, 2.05) is 0 Å². The molecule has 2 heteroatoms. The van der Waals surface area contributed by atoms with Crippen LogP contribution in [0.3, 0.4) is 0 Å². The van der Waals surface area contributed by atoms with E-state index in [0.717, 1.165) is 13.0 Å². The van der Waals surface area contributed by atoms with Crippen LogP contribution in [-0.2, 0) is 13.1 Å². The lowest BCUT2D eigenvalue weighted by Gasteiger charge is -2.00. The van der Waals surface area contributed by atoms with Crippen LogP contribution in [0, 0.1) is 6.92 Å². The molecule has 19 heavy (non-hydrogen) atoms. The lowest BCUT2D eigenvalue weighted by atomic mass is 10.1. The molecule has 2 nitrogen and oxygen atoms in total. The first-order valence-electron chi connectivity index (χ1n) is 8.21. The standard InChI is InChI=1S/C17H32N2/c1-3-5-7-8-9-10-11-12-14-19-16-15-18(17-19)13-6-4-2/h15-17H,2-14H2,1H3/q+1. The minimum absolute atomic E-state index is 1.02. The molecule has 0 fully saturated rings. The van der Waals surface area contributed by atoms with E-state index in [4.69, 9.17) is 0 Å². The quantitative estimate of drug-likeness (QED) is 0.387. The first-order valence-corrected chi connectivity index (χ1v) is 8.21. The normalized spacial score (nSPS) is 11.1. The molecule has 1 heterocycles. The van der Waals surface area contributed by atoms with Gasteiger partial charge in [-0.15, -0.1) is 0 Å². The Bertz CT molecular complexity index is 304. The monoisotopic (exact) mass is 264 g/mol. The van der Waals surface area contributed by atoms with Gasteiger partial charge in [-0.1, -0.05) is 52.4 Å². The Balaban J connectivity index is 1.98. The molecule has 0 saturated carbocycles. The highest BCUT2D eigenvalue weighted by Crippen LogP contribution is 2.08. The van der Waals surface area contributed by atoms with Crippen LogP contribution in [-0.4, -0.2) is 4.57 Å². The number of aromatic nitrogens is 2. The van der Waals surface area contributed by atoms with E-state index in [1.54, 1.807) is 0 Å². The Morgan fingerprint density at radius 2 is 1.63 bits per heavy atom. The number of aryl methyl sites for hydroxylation is 2. The molecule has 0 aliphatic heterocycles. The van der Waals surface area contributed by atoms with Crippen molar-refractivity contribution in [1.29, 1.82) is 0 Å². The molecule has 0 aliphatic rings. The van der Waals surface area contributed by atoms with Crippen molar-refractivity contribution in [3.05, 3.63) is 25.6 Å². The van der Waals surface area contributed by atoms with E-state index in [1.165, 1.54) is 64.3 Å². The van der Waals surface area contributed by atoms with Gasteiger partial charge < -0.3 is 0 Å². The third-order valence-electron chi connectivity index (χ3n) is 3.68. The highest BCUT2D eigenvalue weighted by atomic mass is 15.1. The van der Waals surface area contributed by atoms with Crippen molar-refractivity contribution < 1.29 is 4.57 Å². The van der Waals surface area contributed by atoms with Crippen LogP contribution in [0.25, 0.3) is 0 Å². The van der Waals surface area contributed by atoms with Crippen molar-refractivity contribution in [2.24, 2.45) is 0 Å². The van der Waals surface area contributed by atoms with Crippen molar-refractivity contribution >= 4 is 0 Å². The molecule has 0 atom stereocenters. The average Bonchev–Trinajstić information content (AvgIpc) is 2.87. The predicted molar refractivity (Wildman–Crippen MR) is 81.8 cm³/mol. The maximum atomic E-state index is 3.88. The zero-order chi connectivity index (χ0) is 13.8. The topological polar surface area (TPSA) is 8.81 Å². The molecule has 0 saturated heterocycles. The summed E-state index contributed by atoms with van der Waals surface area (Å²) in [6, 6.07) is 0. The summed E-state index contributed by atoms with van der Waals surface area (Å²) in [7, 11) is 0. The Morgan fingerprint density at radius 1 is 0.947 bits per heavy atom. The summed E-state index contributed by atoms with van der Waals surface area (Å²) in [6.45, 7) is 8.44. The highest BCUT2D eigenvalue weighted by Gasteiger charge is 2.02. The molecule has 0 aromatic carbocycles. The van der Waals surface area contributed by atoms with E-state index in [-0.39, 0.29) is 0 Å². The lowest BCUT2D eigenvalue weighted by Crippen LogP contribution is -2.30. The van der Waals surface area contributed by atoms with Gasteiger partial charge in [0.05, 0.1) is 13.1 Å². The van der Waals surface area contributed by atoms with Crippen molar-refractivity contribution in [3.63, 3.8) is 0 Å². The molecule has 0 bridgehead atoms. The van der Waals surface area contributed by atoms with Gasteiger partial charge in [-0.3, -0.25) is 0 Å². The summed E-state index contributed by atoms with van der Waals surface area (Å²) in [4.78, 5) is 0. The van der Waals surface area contributed by atoms with Crippen LogP contribution in [0.1, 0.15) is 71.1 Å². The second kappa shape index (κ2) is 11.1. The van der Waals surface area contributed by atoms with Gasteiger partial charge >= 0.3 is 0 Å². The fourth-order valence-corrected chi connectivity index (χ4v) is 2.43. The van der Waals surface area contributed by atoms with Crippen LogP contribution in [0.2, 0.25) is 0 Å². The molecule has 0 amide bonds. The van der Waals surface area contributed by atoms with Crippen molar-refractivity contribution in [1.82, 2.24) is 4.57 Å². The largest absolute Gasteiger partial charge is 0.243 e. The highest BCUT2D eigenvalue weighted by molar-refractivity contribution is 4.66. The summed E-state index contributed by atoms with van der Waals surface area (Å²) >= 11 is 0. The Kier molecular flexibility index (Phi) is 9.48. The van der Waals surface area contributed by atoms with E-state index in [9.17, 15) is 0 Å². The molecule has 0 spiro atoms. The molecule has 0 N–H and O–H groups in total. The van der Waals surface area contributed by atoms with Crippen molar-refractivity contribution in [2.45, 2.75) is 84.2 Å². The van der Waals surface area contributed by atoms with Gasteiger partial charge in [0.2, 0.25) is 6.33 Å². The van der Waals surface area contributed by atoms with Gasteiger partial charge in [-0.25, -0.2) is 9.13 Å². The van der Waals surface area contributed by atoms with Crippen LogP contribution < -0.4 is 4.57 Å². The van der Waals surface area contributed by atoms with E-state index >= 15 is 0 Å². The average molecular weight is 264 g/mol. The molecule has 1 radical (unpaired) electrons. The van der Waals surface area contributed by atoms with Crippen LogP contribution in [0.15, 0.2) is 18.7 Å². The maximum Gasteiger partial charge on any atom is 0.243 e. The van der Waals surface area contributed by atoms with Crippen LogP contribution in [0.5, 0.6) is 0 Å². The predicted octanol–water partition coefficient (Wildman–Crippen LogP) is 4.53. The second-order valence-electron chi connectivity index (χ2n) is 5.57. The Hall–Kier alpha value is -0.790. The lowest BCUT2D eigenvalue weighted by molar-refractivity contribution is -0.696. The van der Waals surface area contributed by atoms with E-state index in [2.05, 4.69) is 41.7 Å². The van der Waals surface area contributed by atoms with Gasteiger partial charge in [-0.2, -0.15) is 0 Å². The summed E-state index contributed by atoms with van der Waals surface area (Å²) in [5.74, 6) is 0. The number of unbranched alkanes of at least 4 members (excludes halogenated alkanes) is 8. The Labute approximate surface area is 119 Å². The third-order valence-corrected chi connectivity index (χ3v) is 3.68. The summed E-state index contributed by atoms with van der Waals surface area (Å²) in [5.41, 5.74) is 0. The smallest absolute Gasteiger partial charge is 0.237 e. The molecular formula is C17H32N2+. The number of hydrogen-bond donors (Lipinski definition) is 0. The fraction of sp³-hybridized carbons (Fsp3) is 0.765. The van der Waals surface area contributed by atoms with Gasteiger partial charge in [0, 0.05) is 0 Å². The number of nitrogens with zero attached hydrogens (tertiary/aromatic N) is 2. The minimum Gasteiger partial charge on any atom is -0.237 e. The van der Waals surface area contributed by atoms with E-state index < -0.39 is 0 Å². The molecule has 1 aromatic rings. The van der Waals surface area contributed by atoms with Crippen LogP contribution in [0.4, 0.5) is 0 Å². The molecule has 109 valence electrons. The van der Waals surface area contributed by atoms with Crippen molar-refractivity contribution in [3.8, 4) is 0 Å². The number of imidazole rings is 1. The molecule has 0 unspecified atom stereocenters. The second-order valence-corrected chi connectivity index (χ2v) is 5.57. The third kappa shape index (κ3) is 8.07. The SMILES string of the molecule is [CH2]CCCn1cc[n+](CCCCCCCCCC)c1.